The van der Waals surface area contributed by atoms with Crippen molar-refractivity contribution in [3.05, 3.63) is 52.3 Å². The van der Waals surface area contributed by atoms with E-state index >= 15 is 0 Å². The van der Waals surface area contributed by atoms with Gasteiger partial charge in [-0.15, -0.1) is 0 Å². The highest BCUT2D eigenvalue weighted by Crippen LogP contribution is 2.19. The number of methoxy groups -OCH3 is 1. The fraction of sp³-hybridized carbons (Fsp3) is 0.400. The number of H-pyrrole nitrogens is 1. The molecule has 0 aliphatic carbocycles. The number of nitrogens with zero attached hydrogens (tertiary/aromatic N) is 1. The van der Waals surface area contributed by atoms with E-state index in [4.69, 9.17) is 9.47 Å². The quantitative estimate of drug-likeness (QED) is 0.694. The van der Waals surface area contributed by atoms with Gasteiger partial charge in [0.05, 0.1) is 12.7 Å². The van der Waals surface area contributed by atoms with Gasteiger partial charge in [0.15, 0.2) is 0 Å². The van der Waals surface area contributed by atoms with Gasteiger partial charge in [0.25, 0.3) is 5.91 Å². The van der Waals surface area contributed by atoms with Crippen LogP contribution in [0.25, 0.3) is 0 Å². The van der Waals surface area contributed by atoms with Crippen molar-refractivity contribution in [2.45, 2.75) is 20.4 Å². The Bertz CT molecular complexity index is 794. The molecule has 2 aromatic rings. The van der Waals surface area contributed by atoms with Crippen molar-refractivity contribution in [1.82, 2.24) is 15.2 Å². The first-order valence-corrected chi connectivity index (χ1v) is 8.75. The van der Waals surface area contributed by atoms with Crippen molar-refractivity contribution in [2.75, 3.05) is 34.4 Å². The molecule has 0 radical (unpaired) electrons. The Morgan fingerprint density at radius 2 is 1.81 bits per heavy atom. The van der Waals surface area contributed by atoms with Crippen LogP contribution < -0.4 is 10.1 Å². The third-order valence-corrected chi connectivity index (χ3v) is 4.24. The molecule has 1 amide bonds. The SMILES string of the molecule is COC(=O)c1c(C)[nH]c(C(=O)NCc2ccc(OCCN(C)C)cc2)c1C. The van der Waals surface area contributed by atoms with Crippen LogP contribution in [0.2, 0.25) is 0 Å². The number of rotatable bonds is 8. The maximum absolute atomic E-state index is 12.5. The number of amides is 1. The minimum absolute atomic E-state index is 0.267. The van der Waals surface area contributed by atoms with Gasteiger partial charge in [-0.05, 0) is 51.2 Å². The average Bonchev–Trinajstić information content (AvgIpc) is 2.94. The molecule has 7 nitrogen and oxygen atoms in total. The number of aryl methyl sites for hydroxylation is 1. The van der Waals surface area contributed by atoms with Crippen LogP contribution in [0.3, 0.4) is 0 Å². The van der Waals surface area contributed by atoms with Gasteiger partial charge >= 0.3 is 5.97 Å². The summed E-state index contributed by atoms with van der Waals surface area (Å²) in [5, 5.41) is 2.86. The van der Waals surface area contributed by atoms with Gasteiger partial charge in [-0.2, -0.15) is 0 Å². The summed E-state index contributed by atoms with van der Waals surface area (Å²) < 4.78 is 10.4. The van der Waals surface area contributed by atoms with E-state index in [1.807, 2.05) is 38.4 Å². The molecule has 0 spiro atoms. The Morgan fingerprint density at radius 3 is 2.41 bits per heavy atom. The van der Waals surface area contributed by atoms with Gasteiger partial charge in [0.2, 0.25) is 0 Å². The zero-order chi connectivity index (χ0) is 20.0. The Labute approximate surface area is 159 Å². The molecular weight excluding hydrogens is 346 g/mol. The molecule has 2 rings (SSSR count). The highest BCUT2D eigenvalue weighted by atomic mass is 16.5. The van der Waals surface area contributed by atoms with Crippen LogP contribution in [0, 0.1) is 13.8 Å². The molecule has 0 bridgehead atoms. The van der Waals surface area contributed by atoms with Crippen LogP contribution in [0.1, 0.15) is 37.7 Å². The van der Waals surface area contributed by atoms with Gasteiger partial charge in [-0.3, -0.25) is 4.79 Å². The predicted molar refractivity (Wildman–Crippen MR) is 103 cm³/mol. The molecule has 0 aliphatic heterocycles. The van der Waals surface area contributed by atoms with Crippen LogP contribution in [-0.2, 0) is 11.3 Å². The van der Waals surface area contributed by atoms with Crippen LogP contribution in [-0.4, -0.2) is 56.1 Å². The average molecular weight is 373 g/mol. The molecule has 0 atom stereocenters. The summed E-state index contributed by atoms with van der Waals surface area (Å²) in [4.78, 5) is 29.3. The van der Waals surface area contributed by atoms with E-state index in [0.29, 0.717) is 35.7 Å². The first kappa shape index (κ1) is 20.5. The standard InChI is InChI=1S/C20H27N3O4/c1-13-17(20(25)26-5)14(2)22-18(13)19(24)21-12-15-6-8-16(9-7-15)27-11-10-23(3)4/h6-9,22H,10-12H2,1-5H3,(H,21,24). The smallest absolute Gasteiger partial charge is 0.339 e. The lowest BCUT2D eigenvalue weighted by Crippen LogP contribution is -2.24. The first-order valence-electron chi connectivity index (χ1n) is 8.75. The zero-order valence-electron chi connectivity index (χ0n) is 16.5. The summed E-state index contributed by atoms with van der Waals surface area (Å²) in [6.45, 7) is 5.31. The van der Waals surface area contributed by atoms with Crippen molar-refractivity contribution < 1.29 is 19.1 Å². The van der Waals surface area contributed by atoms with Crippen molar-refractivity contribution in [2.24, 2.45) is 0 Å². The number of carbonyl (C=O) groups is 2. The lowest BCUT2D eigenvalue weighted by Gasteiger charge is -2.11. The van der Waals surface area contributed by atoms with Gasteiger partial charge < -0.3 is 24.7 Å². The molecule has 146 valence electrons. The molecule has 1 aromatic heterocycles. The van der Waals surface area contributed by atoms with Crippen molar-refractivity contribution in [1.29, 1.82) is 0 Å². The van der Waals surface area contributed by atoms with E-state index in [0.717, 1.165) is 17.9 Å². The second-order valence-corrected chi connectivity index (χ2v) is 6.59. The van der Waals surface area contributed by atoms with E-state index in [1.165, 1.54) is 7.11 Å². The van der Waals surface area contributed by atoms with Crippen molar-refractivity contribution in [3.63, 3.8) is 0 Å². The van der Waals surface area contributed by atoms with E-state index in [1.54, 1.807) is 13.8 Å². The molecule has 0 aliphatic rings. The summed E-state index contributed by atoms with van der Waals surface area (Å²) in [6, 6.07) is 7.60. The molecular formula is C20H27N3O4. The summed E-state index contributed by atoms with van der Waals surface area (Å²) in [5.74, 6) is 0.0766. The van der Waals surface area contributed by atoms with Gasteiger partial charge in [-0.25, -0.2) is 4.79 Å². The number of ether oxygens (including phenoxy) is 2. The summed E-state index contributed by atoms with van der Waals surface area (Å²) in [6.07, 6.45) is 0. The molecule has 27 heavy (non-hydrogen) atoms. The molecule has 1 heterocycles. The lowest BCUT2D eigenvalue weighted by molar-refractivity contribution is 0.0599. The zero-order valence-corrected chi connectivity index (χ0v) is 16.5. The molecule has 0 fully saturated rings. The number of benzene rings is 1. The Morgan fingerprint density at radius 1 is 1.15 bits per heavy atom. The minimum atomic E-state index is -0.454. The van der Waals surface area contributed by atoms with E-state index in [9.17, 15) is 9.59 Å². The Balaban J connectivity index is 1.95. The Kier molecular flexibility index (Phi) is 7.01. The van der Waals surface area contributed by atoms with Crippen molar-refractivity contribution >= 4 is 11.9 Å². The predicted octanol–water partition coefficient (Wildman–Crippen LogP) is 2.29. The van der Waals surface area contributed by atoms with Gasteiger partial charge in [-0.1, -0.05) is 12.1 Å². The maximum atomic E-state index is 12.5. The summed E-state index contributed by atoms with van der Waals surface area (Å²) in [5.41, 5.74) is 2.93. The normalized spacial score (nSPS) is 10.7. The summed E-state index contributed by atoms with van der Waals surface area (Å²) in [7, 11) is 5.31. The highest BCUT2D eigenvalue weighted by molar-refractivity contribution is 6.00. The number of aromatic nitrogens is 1. The Hall–Kier alpha value is -2.80. The van der Waals surface area contributed by atoms with Gasteiger partial charge in [0.1, 0.15) is 18.1 Å². The third-order valence-electron chi connectivity index (χ3n) is 4.24. The monoisotopic (exact) mass is 373 g/mol. The number of likely N-dealkylation sites (N-methyl/N-ethyl adjacent to an activating group) is 1. The number of hydrogen-bond acceptors (Lipinski definition) is 5. The van der Waals surface area contributed by atoms with Gasteiger partial charge in [0, 0.05) is 18.8 Å². The molecule has 0 saturated heterocycles. The van der Waals surface area contributed by atoms with E-state index in [-0.39, 0.29) is 5.91 Å². The number of carbonyl (C=O) groups excluding carboxylic acids is 2. The molecule has 2 N–H and O–H groups in total. The van der Waals surface area contributed by atoms with Crippen molar-refractivity contribution in [3.8, 4) is 5.75 Å². The number of esters is 1. The van der Waals surface area contributed by atoms with Crippen LogP contribution >= 0.6 is 0 Å². The van der Waals surface area contributed by atoms with Crippen LogP contribution in [0.5, 0.6) is 5.75 Å². The minimum Gasteiger partial charge on any atom is -0.492 e. The maximum Gasteiger partial charge on any atom is 0.339 e. The molecule has 0 unspecified atom stereocenters. The second kappa shape index (κ2) is 9.23. The number of nitrogens with one attached hydrogen (secondary N) is 2. The van der Waals surface area contributed by atoms with Crippen LogP contribution in [0.15, 0.2) is 24.3 Å². The molecule has 1 aromatic carbocycles. The number of aromatic amines is 1. The largest absolute Gasteiger partial charge is 0.492 e. The fourth-order valence-electron chi connectivity index (χ4n) is 2.71. The topological polar surface area (TPSA) is 83.7 Å². The van der Waals surface area contributed by atoms with E-state index < -0.39 is 5.97 Å². The third kappa shape index (κ3) is 5.34. The van der Waals surface area contributed by atoms with E-state index in [2.05, 4.69) is 15.2 Å². The second-order valence-electron chi connectivity index (χ2n) is 6.59. The lowest BCUT2D eigenvalue weighted by atomic mass is 10.1. The summed E-state index contributed by atoms with van der Waals surface area (Å²) >= 11 is 0. The molecule has 7 heteroatoms. The molecule has 0 saturated carbocycles. The number of hydrogen-bond donors (Lipinski definition) is 2. The first-order chi connectivity index (χ1) is 12.8. The van der Waals surface area contributed by atoms with Crippen LogP contribution in [0.4, 0.5) is 0 Å². The highest BCUT2D eigenvalue weighted by Gasteiger charge is 2.22. The fourth-order valence-corrected chi connectivity index (χ4v) is 2.71.